The summed E-state index contributed by atoms with van der Waals surface area (Å²) in [6.45, 7) is 0. The summed E-state index contributed by atoms with van der Waals surface area (Å²) in [5, 5.41) is 0. The van der Waals surface area contributed by atoms with E-state index in [0.29, 0.717) is 5.92 Å². The van der Waals surface area contributed by atoms with Crippen molar-refractivity contribution in [1.29, 1.82) is 0 Å². The summed E-state index contributed by atoms with van der Waals surface area (Å²) in [7, 11) is 0. The fourth-order valence-electron chi connectivity index (χ4n) is 2.57. The molecular formula is C15H13Br. The van der Waals surface area contributed by atoms with E-state index < -0.39 is 0 Å². The highest BCUT2D eigenvalue weighted by Crippen LogP contribution is 2.37. The van der Waals surface area contributed by atoms with Crippen LogP contribution in [0.25, 0.3) is 0 Å². The highest BCUT2D eigenvalue weighted by Gasteiger charge is 2.23. The van der Waals surface area contributed by atoms with E-state index in [4.69, 9.17) is 0 Å². The van der Waals surface area contributed by atoms with Gasteiger partial charge in [-0.15, -0.1) is 0 Å². The normalized spacial score (nSPS) is 18.4. The number of hydrogen-bond donors (Lipinski definition) is 0. The van der Waals surface area contributed by atoms with Crippen molar-refractivity contribution in [3.63, 3.8) is 0 Å². The van der Waals surface area contributed by atoms with Gasteiger partial charge in [0.15, 0.2) is 0 Å². The Bertz CT molecular complexity index is 502. The van der Waals surface area contributed by atoms with E-state index in [1.54, 1.807) is 0 Å². The average molecular weight is 273 g/mol. The summed E-state index contributed by atoms with van der Waals surface area (Å²) in [6.07, 6.45) is 2.35. The van der Waals surface area contributed by atoms with Gasteiger partial charge in [-0.3, -0.25) is 0 Å². The molecule has 2 aromatic carbocycles. The second-order valence-electron chi connectivity index (χ2n) is 4.39. The Morgan fingerprint density at radius 2 is 1.69 bits per heavy atom. The monoisotopic (exact) mass is 272 g/mol. The van der Waals surface area contributed by atoms with Crippen molar-refractivity contribution in [3.8, 4) is 0 Å². The van der Waals surface area contributed by atoms with Gasteiger partial charge in [-0.1, -0.05) is 58.4 Å². The van der Waals surface area contributed by atoms with E-state index in [-0.39, 0.29) is 0 Å². The van der Waals surface area contributed by atoms with Gasteiger partial charge in [0.05, 0.1) is 0 Å². The molecule has 1 aliphatic rings. The Kier molecular flexibility index (Phi) is 2.56. The van der Waals surface area contributed by atoms with Gasteiger partial charge in [0, 0.05) is 4.47 Å². The third kappa shape index (κ3) is 1.69. The standard InChI is InChI=1S/C15H13Br/c16-15-8-4-7-12-9-13(10-14(12)15)11-5-2-1-3-6-11/h1-8,13H,9-10H2. The van der Waals surface area contributed by atoms with Crippen LogP contribution < -0.4 is 0 Å². The van der Waals surface area contributed by atoms with Gasteiger partial charge >= 0.3 is 0 Å². The first-order valence-electron chi connectivity index (χ1n) is 5.66. The summed E-state index contributed by atoms with van der Waals surface area (Å²) in [4.78, 5) is 0. The van der Waals surface area contributed by atoms with E-state index in [0.717, 1.165) is 0 Å². The molecule has 0 bridgehead atoms. The Morgan fingerprint density at radius 1 is 0.875 bits per heavy atom. The number of rotatable bonds is 1. The molecule has 0 radical (unpaired) electrons. The van der Waals surface area contributed by atoms with Gasteiger partial charge in [0.25, 0.3) is 0 Å². The maximum absolute atomic E-state index is 3.65. The molecule has 1 unspecified atom stereocenters. The zero-order chi connectivity index (χ0) is 11.0. The number of benzene rings is 2. The van der Waals surface area contributed by atoms with Crippen LogP contribution in [0, 0.1) is 0 Å². The fraction of sp³-hybridized carbons (Fsp3) is 0.200. The second-order valence-corrected chi connectivity index (χ2v) is 5.25. The van der Waals surface area contributed by atoms with Gasteiger partial charge < -0.3 is 0 Å². The summed E-state index contributed by atoms with van der Waals surface area (Å²) < 4.78 is 1.27. The molecule has 0 amide bonds. The SMILES string of the molecule is Brc1cccc2c1CC(c1ccccc1)C2. The molecule has 80 valence electrons. The van der Waals surface area contributed by atoms with Crippen molar-refractivity contribution < 1.29 is 0 Å². The summed E-state index contributed by atoms with van der Waals surface area (Å²) >= 11 is 3.65. The minimum absolute atomic E-state index is 0.662. The Labute approximate surface area is 104 Å². The predicted octanol–water partition coefficient (Wildman–Crippen LogP) is 4.33. The molecule has 0 saturated carbocycles. The number of fused-ring (bicyclic) bond motifs is 1. The molecule has 0 saturated heterocycles. The molecule has 0 nitrogen and oxygen atoms in total. The molecule has 0 aromatic heterocycles. The van der Waals surface area contributed by atoms with Crippen molar-refractivity contribution in [2.45, 2.75) is 18.8 Å². The first kappa shape index (κ1) is 10.1. The van der Waals surface area contributed by atoms with Crippen molar-refractivity contribution in [3.05, 3.63) is 69.7 Å². The van der Waals surface area contributed by atoms with Crippen LogP contribution in [0.2, 0.25) is 0 Å². The van der Waals surface area contributed by atoms with E-state index in [1.165, 1.54) is 34.0 Å². The van der Waals surface area contributed by atoms with Crippen LogP contribution in [-0.4, -0.2) is 0 Å². The summed E-state index contributed by atoms with van der Waals surface area (Å²) in [5.41, 5.74) is 4.46. The van der Waals surface area contributed by atoms with Crippen LogP contribution in [0.1, 0.15) is 22.6 Å². The van der Waals surface area contributed by atoms with Gasteiger partial charge in [-0.2, -0.15) is 0 Å². The van der Waals surface area contributed by atoms with Crippen LogP contribution in [0.15, 0.2) is 53.0 Å². The maximum Gasteiger partial charge on any atom is 0.0210 e. The zero-order valence-electron chi connectivity index (χ0n) is 8.99. The summed E-state index contributed by atoms with van der Waals surface area (Å²) in [5.74, 6) is 0.662. The van der Waals surface area contributed by atoms with Crippen molar-refractivity contribution in [2.24, 2.45) is 0 Å². The highest BCUT2D eigenvalue weighted by molar-refractivity contribution is 9.10. The minimum atomic E-state index is 0.662. The average Bonchev–Trinajstić information content (AvgIpc) is 2.76. The Morgan fingerprint density at radius 3 is 2.44 bits per heavy atom. The number of halogens is 1. The molecule has 0 aliphatic heterocycles. The lowest BCUT2D eigenvalue weighted by Crippen LogP contribution is -1.96. The molecule has 1 atom stereocenters. The minimum Gasteiger partial charge on any atom is -0.0622 e. The van der Waals surface area contributed by atoms with Gasteiger partial charge in [-0.25, -0.2) is 0 Å². The molecule has 0 spiro atoms. The highest BCUT2D eigenvalue weighted by atomic mass is 79.9. The van der Waals surface area contributed by atoms with Gasteiger partial charge in [0.1, 0.15) is 0 Å². The molecule has 3 rings (SSSR count). The molecule has 2 aromatic rings. The lowest BCUT2D eigenvalue weighted by atomic mass is 9.96. The van der Waals surface area contributed by atoms with E-state index in [9.17, 15) is 0 Å². The molecule has 0 heterocycles. The smallest absolute Gasteiger partial charge is 0.0210 e. The zero-order valence-corrected chi connectivity index (χ0v) is 10.6. The molecule has 1 aliphatic carbocycles. The van der Waals surface area contributed by atoms with Gasteiger partial charge in [-0.05, 0) is 41.5 Å². The first-order valence-corrected chi connectivity index (χ1v) is 6.45. The first-order chi connectivity index (χ1) is 7.84. The van der Waals surface area contributed by atoms with Crippen LogP contribution >= 0.6 is 15.9 Å². The maximum atomic E-state index is 3.65. The van der Waals surface area contributed by atoms with Crippen LogP contribution in [0.5, 0.6) is 0 Å². The number of hydrogen-bond acceptors (Lipinski definition) is 0. The predicted molar refractivity (Wildman–Crippen MR) is 70.7 cm³/mol. The lowest BCUT2D eigenvalue weighted by Gasteiger charge is -2.08. The van der Waals surface area contributed by atoms with Crippen molar-refractivity contribution in [2.75, 3.05) is 0 Å². The molecule has 0 N–H and O–H groups in total. The van der Waals surface area contributed by atoms with E-state index in [2.05, 4.69) is 64.5 Å². The lowest BCUT2D eigenvalue weighted by molar-refractivity contribution is 0.741. The molecule has 16 heavy (non-hydrogen) atoms. The van der Waals surface area contributed by atoms with Crippen LogP contribution in [0.4, 0.5) is 0 Å². The van der Waals surface area contributed by atoms with Crippen LogP contribution in [0.3, 0.4) is 0 Å². The molecule has 1 heteroatoms. The van der Waals surface area contributed by atoms with Crippen molar-refractivity contribution in [1.82, 2.24) is 0 Å². The van der Waals surface area contributed by atoms with E-state index in [1.807, 2.05) is 0 Å². The second kappa shape index (κ2) is 4.06. The van der Waals surface area contributed by atoms with Crippen LogP contribution in [-0.2, 0) is 12.8 Å². The quantitative estimate of drug-likeness (QED) is 0.725. The largest absolute Gasteiger partial charge is 0.0622 e. The Balaban J connectivity index is 1.94. The van der Waals surface area contributed by atoms with Gasteiger partial charge in [0.2, 0.25) is 0 Å². The fourth-order valence-corrected chi connectivity index (χ4v) is 3.14. The van der Waals surface area contributed by atoms with Crippen molar-refractivity contribution >= 4 is 15.9 Å². The Hall–Kier alpha value is -1.08. The molecular weight excluding hydrogens is 260 g/mol. The topological polar surface area (TPSA) is 0 Å². The van der Waals surface area contributed by atoms with E-state index >= 15 is 0 Å². The third-order valence-electron chi connectivity index (χ3n) is 3.40. The third-order valence-corrected chi connectivity index (χ3v) is 4.15. The molecule has 0 fully saturated rings. The summed E-state index contributed by atoms with van der Waals surface area (Å²) in [6, 6.07) is 17.4.